The molecular weight excluding hydrogens is 1620 g/mol. The minimum atomic E-state index is -2.61. The topological polar surface area (TPSA) is 447 Å². The number of hydrogen-bond donors (Lipinski definition) is 8. The lowest BCUT2D eigenvalue weighted by Gasteiger charge is -2.12. The molecular formula is C96H112N24O8. The van der Waals surface area contributed by atoms with E-state index in [2.05, 4.69) is 114 Å². The molecule has 0 aliphatic rings. The second-order valence-electron chi connectivity index (χ2n) is 35.1. The monoisotopic (exact) mass is 1740 g/mol. The van der Waals surface area contributed by atoms with Gasteiger partial charge in [0.1, 0.15) is 76.9 Å². The first-order chi connectivity index (χ1) is 65.3. The first-order valence-electron chi connectivity index (χ1n) is 47.2. The molecule has 0 aliphatic heterocycles. The molecule has 12 heterocycles. The number of carbonyl (C=O) groups is 4. The fourth-order valence-corrected chi connectivity index (χ4v) is 13.8. The van der Waals surface area contributed by atoms with Gasteiger partial charge in [0.15, 0.2) is 5.82 Å². The van der Waals surface area contributed by atoms with E-state index in [-0.39, 0.29) is 112 Å². The van der Waals surface area contributed by atoms with Gasteiger partial charge in [0.05, 0.1) is 65.6 Å². The Hall–Kier alpha value is -14.7. The van der Waals surface area contributed by atoms with Crippen LogP contribution in [-0.2, 0) is 66.5 Å². The van der Waals surface area contributed by atoms with Crippen molar-refractivity contribution in [2.45, 2.75) is 210 Å². The first kappa shape index (κ1) is 75.8. The van der Waals surface area contributed by atoms with Crippen molar-refractivity contribution in [1.29, 1.82) is 0 Å². The quantitative estimate of drug-likeness (QED) is 0.0351. The number of benzene rings is 4. The molecule has 32 nitrogen and oxygen atoms in total. The molecule has 2 atom stereocenters. The van der Waals surface area contributed by atoms with Crippen molar-refractivity contribution in [3.8, 4) is 44.5 Å². The highest BCUT2D eigenvalue weighted by molar-refractivity contribution is 6.04. The number of anilines is 8. The summed E-state index contributed by atoms with van der Waals surface area (Å²) in [5.74, 6) is 0.689. The van der Waals surface area contributed by atoms with Gasteiger partial charge in [0, 0.05) is 132 Å². The largest absolute Gasteiger partial charge is 0.383 e. The van der Waals surface area contributed by atoms with Crippen molar-refractivity contribution in [3.63, 3.8) is 0 Å². The summed E-state index contributed by atoms with van der Waals surface area (Å²) in [5, 5.41) is 29.0. The zero-order valence-electron chi connectivity index (χ0n) is 86.2. The van der Waals surface area contributed by atoms with Crippen LogP contribution in [0.2, 0.25) is 0 Å². The molecule has 0 saturated heterocycles. The van der Waals surface area contributed by atoms with Crippen molar-refractivity contribution < 1.29 is 53.7 Å². The molecule has 0 fully saturated rings. The van der Waals surface area contributed by atoms with Crippen LogP contribution in [0.4, 0.5) is 46.7 Å². The van der Waals surface area contributed by atoms with Gasteiger partial charge in [-0.2, -0.15) is 0 Å². The molecule has 0 radical (unpaired) electrons. The molecule has 12 N–H and O–H groups in total. The zero-order chi connectivity index (χ0) is 102. The summed E-state index contributed by atoms with van der Waals surface area (Å²) in [6.07, 6.45) is 10.8. The number of nitrogen functional groups attached to an aromatic ring is 4. The number of hydrogen-bond acceptors (Lipinski definition) is 24. The van der Waals surface area contributed by atoms with Crippen molar-refractivity contribution in [2.75, 3.05) is 44.2 Å². The Balaban J connectivity index is 0.000000157. The van der Waals surface area contributed by atoms with E-state index < -0.39 is 50.3 Å². The molecule has 0 spiro atoms. The molecule has 2 unspecified atom stereocenters. The summed E-state index contributed by atoms with van der Waals surface area (Å²) < 4.78 is 123. The van der Waals surface area contributed by atoms with E-state index in [0.717, 1.165) is 89.1 Å². The highest BCUT2D eigenvalue weighted by atomic mass is 16.5. The van der Waals surface area contributed by atoms with Crippen molar-refractivity contribution >= 4 is 115 Å². The number of fused-ring (bicyclic) bond motifs is 4. The van der Waals surface area contributed by atoms with Crippen LogP contribution in [-0.4, -0.2) is 102 Å². The average Bonchev–Trinajstić information content (AvgIpc) is 1.59. The molecule has 0 bridgehead atoms. The number of carbonyl (C=O) groups excluding carboxylic acids is 4. The van der Waals surface area contributed by atoms with Crippen molar-refractivity contribution in [3.05, 3.63) is 217 Å². The molecule has 16 aromatic rings. The van der Waals surface area contributed by atoms with E-state index in [1.807, 2.05) is 128 Å². The van der Waals surface area contributed by atoms with Gasteiger partial charge in [-0.25, -0.2) is 39.9 Å². The number of nitrogens with one attached hydrogen (secondary N) is 4. The predicted molar refractivity (Wildman–Crippen MR) is 501 cm³/mol. The third-order valence-corrected chi connectivity index (χ3v) is 20.8. The van der Waals surface area contributed by atoms with Crippen LogP contribution in [0.1, 0.15) is 224 Å². The van der Waals surface area contributed by atoms with E-state index in [1.54, 1.807) is 104 Å². The summed E-state index contributed by atoms with van der Waals surface area (Å²) in [7, 11) is 0. The van der Waals surface area contributed by atoms with Crippen LogP contribution < -0.4 is 44.2 Å². The van der Waals surface area contributed by atoms with E-state index in [1.165, 1.54) is 42.9 Å². The van der Waals surface area contributed by atoms with E-state index >= 15 is 0 Å². The minimum absolute atomic E-state index is 0.104. The fourth-order valence-electron chi connectivity index (χ4n) is 13.8. The minimum Gasteiger partial charge on any atom is -0.383 e. The Morgan fingerprint density at radius 1 is 0.375 bits per heavy atom. The van der Waals surface area contributed by atoms with Gasteiger partial charge in [-0.05, 0) is 99.8 Å². The molecule has 128 heavy (non-hydrogen) atoms. The van der Waals surface area contributed by atoms with Crippen molar-refractivity contribution in [1.82, 2.24) is 78.8 Å². The number of nitrogens with zero attached hydrogens (tertiary/aromatic N) is 16. The zero-order valence-corrected chi connectivity index (χ0v) is 74.2. The Labute approximate surface area is 758 Å². The smallest absolute Gasteiger partial charge is 0.231 e. The Kier molecular flexibility index (Phi) is 22.0. The van der Waals surface area contributed by atoms with Crippen LogP contribution in [0, 0.1) is 0 Å². The second kappa shape index (κ2) is 37.2. The molecule has 4 amide bonds. The summed E-state index contributed by atoms with van der Waals surface area (Å²) in [6, 6.07) is 33.0. The van der Waals surface area contributed by atoms with E-state index in [0.29, 0.717) is 45.2 Å². The molecule has 4 aromatic carbocycles. The van der Waals surface area contributed by atoms with Gasteiger partial charge in [0.2, 0.25) is 41.3 Å². The van der Waals surface area contributed by atoms with Gasteiger partial charge in [-0.3, -0.25) is 35.1 Å². The maximum Gasteiger partial charge on any atom is 0.231 e. The third kappa shape index (κ3) is 21.1. The molecule has 0 aliphatic carbocycles. The standard InChI is InChI=1S/4C24H28N6O2/c1-14(2)30-12-17(21-22(25)26-13-27-23(21)30)16-8-6-15(7-9-16)10-20(31)28-19-11-18(32-29-19)24(3,4)5;3*1-14(2)30-12-17(21-22(25)26-13-27-23(21)30)16-8-6-15(7-9-16)10-19(31)28-20-11-18(29-32-20)24(3,4)5/h6-9,11-14H,10H2,1-5H3,(H2,25,26,27)(H,28,29,31);3*6-9,11-14H,10H2,1-5H3,(H,28,31)(H2,25,26,27)/i3D3;1D3,14D;10D2;1D3. The summed E-state index contributed by atoms with van der Waals surface area (Å²) >= 11 is 0. The van der Waals surface area contributed by atoms with E-state index in [9.17, 15) is 19.2 Å². The van der Waals surface area contributed by atoms with Gasteiger partial charge >= 0.3 is 0 Å². The van der Waals surface area contributed by atoms with Crippen LogP contribution in [0.3, 0.4) is 0 Å². The van der Waals surface area contributed by atoms with Crippen LogP contribution in [0.25, 0.3) is 88.6 Å². The molecule has 16 rings (SSSR count). The molecule has 664 valence electrons. The van der Waals surface area contributed by atoms with Crippen LogP contribution in [0.15, 0.2) is 190 Å². The van der Waals surface area contributed by atoms with Gasteiger partial charge in [-0.15, -0.1) is 0 Å². The normalized spacial score (nSPS) is 14.4. The lowest BCUT2D eigenvalue weighted by atomic mass is 9.92. The Morgan fingerprint density at radius 2 is 0.680 bits per heavy atom. The average molecular weight is 1740 g/mol. The third-order valence-electron chi connectivity index (χ3n) is 20.8. The van der Waals surface area contributed by atoms with Gasteiger partial charge in [-0.1, -0.05) is 201 Å². The first-order valence-corrected chi connectivity index (χ1v) is 41.2. The summed E-state index contributed by atoms with van der Waals surface area (Å²) in [6.45, 7) is 25.1. The van der Waals surface area contributed by atoms with Gasteiger partial charge < -0.3 is 64.6 Å². The van der Waals surface area contributed by atoms with Gasteiger partial charge in [0.25, 0.3) is 0 Å². The summed E-state index contributed by atoms with van der Waals surface area (Å²) in [4.78, 5) is 84.0. The predicted octanol–water partition coefficient (Wildman–Crippen LogP) is 18.9. The number of rotatable bonds is 20. The highest BCUT2D eigenvalue weighted by Gasteiger charge is 2.28. The molecule has 32 heteroatoms. The molecule has 12 aromatic heterocycles. The fraction of sp³-hybridized carbons (Fsp3) is 0.333. The maximum atomic E-state index is 12.7. The van der Waals surface area contributed by atoms with E-state index in [4.69, 9.17) is 57.5 Å². The van der Waals surface area contributed by atoms with Crippen LogP contribution in [0.5, 0.6) is 0 Å². The number of amides is 4. The van der Waals surface area contributed by atoms with Crippen molar-refractivity contribution in [2.24, 2.45) is 0 Å². The number of aromatic nitrogens is 16. The SMILES string of the molecule is [2H]C([2H])(C(=O)Nc1cc(C(C)(C)C)no1)c1ccc(-c2cn(C(C)C)c3ncnc(N)c23)cc1.[2H]C([2H])([2H])C(C)(C)c1cc(NC(=O)Cc2ccc(-c3cn(C(C)C)c4ncnc(N)c34)cc2)no1.[2H]C([2H])([2H])C(C)n1cc(-c2ccc(CC(=O)Nc3cc(C(C)(C)C)no3)cc2)c2c(N)ncnc21.[2H]C([2H])([2H])C([2H])(C)n1cc(-c2ccc(CC(=O)Nc3cc(C(C)(C)C)no3)cc2)c2c(N)ncnc21. The lowest BCUT2D eigenvalue weighted by molar-refractivity contribution is -0.116. The Morgan fingerprint density at radius 3 is 0.984 bits per heavy atom. The Bertz CT molecular complexity index is 7210. The number of nitrogens with two attached hydrogens (primary N) is 4. The summed E-state index contributed by atoms with van der Waals surface area (Å²) in [5.41, 5.74) is 36.1. The maximum absolute atomic E-state index is 12.7. The van der Waals surface area contributed by atoms with Crippen LogP contribution >= 0.6 is 0 Å². The highest BCUT2D eigenvalue weighted by Crippen LogP contribution is 2.40. The lowest BCUT2D eigenvalue weighted by Crippen LogP contribution is -2.14. The molecule has 0 saturated carbocycles. The second-order valence-corrected chi connectivity index (χ2v) is 35.1.